The molecule has 2 aliphatic rings. The zero-order chi connectivity index (χ0) is 13.3. The van der Waals surface area contributed by atoms with Crippen LogP contribution in [0.5, 0.6) is 0 Å². The van der Waals surface area contributed by atoms with Gasteiger partial charge in [-0.25, -0.2) is 9.98 Å². The fourth-order valence-electron chi connectivity index (χ4n) is 2.53. The number of guanidine groups is 1. The van der Waals surface area contributed by atoms with Gasteiger partial charge in [0.1, 0.15) is 0 Å². The number of aliphatic imine (C=N–C) groups is 2. The minimum atomic E-state index is 0.445. The van der Waals surface area contributed by atoms with Crippen LogP contribution < -0.4 is 0 Å². The predicted octanol–water partition coefficient (Wildman–Crippen LogP) is 1.79. The van der Waals surface area contributed by atoms with Gasteiger partial charge in [0, 0.05) is 30.9 Å². The van der Waals surface area contributed by atoms with Gasteiger partial charge in [0.15, 0.2) is 0 Å². The Morgan fingerprint density at radius 3 is 2.67 bits per heavy atom. The number of likely N-dealkylation sites (N-methyl/N-ethyl adjacent to an activating group) is 1. The summed E-state index contributed by atoms with van der Waals surface area (Å²) in [5.74, 6) is 0.891. The Hall–Kier alpha value is -1.16. The van der Waals surface area contributed by atoms with Gasteiger partial charge in [0.25, 0.3) is 0 Å². The smallest absolute Gasteiger partial charge is 0.221 e. The molecular formula is C14H24N4. The lowest BCUT2D eigenvalue weighted by Crippen LogP contribution is -2.61. The number of hydrogen-bond acceptors (Lipinski definition) is 4. The van der Waals surface area contributed by atoms with Gasteiger partial charge in [-0.15, -0.1) is 0 Å². The minimum absolute atomic E-state index is 0.445. The average molecular weight is 248 g/mol. The third-order valence-electron chi connectivity index (χ3n) is 4.27. The summed E-state index contributed by atoms with van der Waals surface area (Å²) in [6, 6.07) is 1.50. The van der Waals surface area contributed by atoms with E-state index in [1.807, 2.05) is 6.21 Å². The highest BCUT2D eigenvalue weighted by Crippen LogP contribution is 2.21. The molecule has 3 unspecified atom stereocenters. The molecule has 0 bridgehead atoms. The Balaban J connectivity index is 2.18. The first kappa shape index (κ1) is 13.3. The van der Waals surface area contributed by atoms with Crippen LogP contribution in [0.1, 0.15) is 27.7 Å². The molecule has 0 aromatic rings. The number of allylic oxidation sites excluding steroid dienone is 1. The monoisotopic (exact) mass is 248 g/mol. The lowest BCUT2D eigenvalue weighted by atomic mass is 10.0. The molecule has 3 atom stereocenters. The van der Waals surface area contributed by atoms with E-state index in [1.165, 1.54) is 5.57 Å². The largest absolute Gasteiger partial charge is 0.335 e. The molecule has 1 saturated heterocycles. The SMILES string of the molecule is CC1=CCN=C(N2CC(C)N(C)C(C)C2C)N=C1. The van der Waals surface area contributed by atoms with Crippen molar-refractivity contribution in [2.24, 2.45) is 9.98 Å². The first-order valence-corrected chi connectivity index (χ1v) is 6.74. The highest BCUT2D eigenvalue weighted by atomic mass is 15.4. The third kappa shape index (κ3) is 2.48. The molecule has 100 valence electrons. The Kier molecular flexibility index (Phi) is 3.85. The number of piperazine rings is 1. The number of hydrogen-bond donors (Lipinski definition) is 0. The van der Waals surface area contributed by atoms with Crippen molar-refractivity contribution in [3.8, 4) is 0 Å². The second kappa shape index (κ2) is 5.22. The van der Waals surface area contributed by atoms with Crippen LogP contribution in [0.3, 0.4) is 0 Å². The number of nitrogens with zero attached hydrogens (tertiary/aromatic N) is 4. The van der Waals surface area contributed by atoms with Crippen molar-refractivity contribution in [2.75, 3.05) is 20.1 Å². The van der Waals surface area contributed by atoms with Gasteiger partial charge < -0.3 is 4.90 Å². The summed E-state index contributed by atoms with van der Waals surface area (Å²) in [5.41, 5.74) is 1.19. The lowest BCUT2D eigenvalue weighted by Gasteiger charge is -2.47. The lowest BCUT2D eigenvalue weighted by molar-refractivity contribution is 0.0555. The summed E-state index contributed by atoms with van der Waals surface area (Å²) in [6.45, 7) is 10.6. The van der Waals surface area contributed by atoms with Crippen molar-refractivity contribution in [1.29, 1.82) is 0 Å². The molecule has 0 amide bonds. The van der Waals surface area contributed by atoms with Crippen LogP contribution in [0.25, 0.3) is 0 Å². The maximum atomic E-state index is 4.59. The van der Waals surface area contributed by atoms with E-state index in [4.69, 9.17) is 0 Å². The van der Waals surface area contributed by atoms with Crippen LogP contribution >= 0.6 is 0 Å². The van der Waals surface area contributed by atoms with Gasteiger partial charge in [-0.2, -0.15) is 0 Å². The van der Waals surface area contributed by atoms with Crippen molar-refractivity contribution in [3.05, 3.63) is 11.6 Å². The second-order valence-electron chi connectivity index (χ2n) is 5.50. The van der Waals surface area contributed by atoms with Crippen molar-refractivity contribution >= 4 is 12.2 Å². The van der Waals surface area contributed by atoms with Crippen LogP contribution in [-0.2, 0) is 0 Å². The van der Waals surface area contributed by atoms with E-state index in [-0.39, 0.29) is 0 Å². The van der Waals surface area contributed by atoms with E-state index < -0.39 is 0 Å². The standard InChI is InChI=1S/C14H24N4/c1-10-6-7-15-14(16-8-10)18-9-11(2)17(5)12(3)13(18)4/h6,8,11-13H,7,9H2,1-5H3. The van der Waals surface area contributed by atoms with Gasteiger partial charge in [-0.3, -0.25) is 4.90 Å². The van der Waals surface area contributed by atoms with E-state index in [0.29, 0.717) is 18.1 Å². The third-order valence-corrected chi connectivity index (χ3v) is 4.27. The molecule has 1 fully saturated rings. The zero-order valence-electron chi connectivity index (χ0n) is 12.1. The van der Waals surface area contributed by atoms with E-state index in [2.05, 4.69) is 60.6 Å². The topological polar surface area (TPSA) is 31.2 Å². The molecule has 4 heteroatoms. The van der Waals surface area contributed by atoms with Crippen molar-refractivity contribution in [3.63, 3.8) is 0 Å². The first-order valence-electron chi connectivity index (χ1n) is 6.74. The highest BCUT2D eigenvalue weighted by Gasteiger charge is 2.34. The molecule has 0 N–H and O–H groups in total. The Morgan fingerprint density at radius 2 is 1.94 bits per heavy atom. The molecule has 0 spiro atoms. The molecule has 0 aromatic carbocycles. The first-order chi connectivity index (χ1) is 8.50. The molecule has 2 rings (SSSR count). The summed E-state index contributed by atoms with van der Waals surface area (Å²) in [7, 11) is 2.20. The Labute approximate surface area is 110 Å². The molecule has 2 heterocycles. The van der Waals surface area contributed by atoms with Crippen LogP contribution in [0.2, 0.25) is 0 Å². The second-order valence-corrected chi connectivity index (χ2v) is 5.50. The highest BCUT2D eigenvalue weighted by molar-refractivity contribution is 5.94. The quantitative estimate of drug-likeness (QED) is 0.654. The molecule has 2 aliphatic heterocycles. The maximum absolute atomic E-state index is 4.59. The summed E-state index contributed by atoms with van der Waals surface area (Å²) >= 11 is 0. The molecular weight excluding hydrogens is 224 g/mol. The molecule has 4 nitrogen and oxygen atoms in total. The molecule has 0 aliphatic carbocycles. The molecule has 0 saturated carbocycles. The summed E-state index contributed by atoms with van der Waals surface area (Å²) in [5, 5.41) is 0. The summed E-state index contributed by atoms with van der Waals surface area (Å²) < 4.78 is 0. The summed E-state index contributed by atoms with van der Waals surface area (Å²) in [6.07, 6.45) is 4.04. The Bertz CT molecular complexity index is 397. The predicted molar refractivity (Wildman–Crippen MR) is 77.4 cm³/mol. The van der Waals surface area contributed by atoms with E-state index in [1.54, 1.807) is 0 Å². The van der Waals surface area contributed by atoms with E-state index in [0.717, 1.165) is 19.0 Å². The van der Waals surface area contributed by atoms with Gasteiger partial charge in [-0.1, -0.05) is 6.08 Å². The van der Waals surface area contributed by atoms with Crippen LogP contribution in [0.4, 0.5) is 0 Å². The van der Waals surface area contributed by atoms with Gasteiger partial charge in [0.05, 0.1) is 6.54 Å². The van der Waals surface area contributed by atoms with Crippen LogP contribution in [0, 0.1) is 0 Å². The normalized spacial score (nSPS) is 34.1. The van der Waals surface area contributed by atoms with Crippen LogP contribution in [0.15, 0.2) is 21.6 Å². The van der Waals surface area contributed by atoms with Gasteiger partial charge in [0.2, 0.25) is 5.96 Å². The fraction of sp³-hybridized carbons (Fsp3) is 0.714. The molecule has 0 aromatic heterocycles. The van der Waals surface area contributed by atoms with Crippen LogP contribution in [-0.4, -0.2) is 60.2 Å². The summed E-state index contributed by atoms with van der Waals surface area (Å²) in [4.78, 5) is 13.9. The molecule has 0 radical (unpaired) electrons. The van der Waals surface area contributed by atoms with Crippen molar-refractivity contribution in [2.45, 2.75) is 45.8 Å². The average Bonchev–Trinajstić information content (AvgIpc) is 2.56. The zero-order valence-corrected chi connectivity index (χ0v) is 12.1. The van der Waals surface area contributed by atoms with Crippen molar-refractivity contribution < 1.29 is 0 Å². The van der Waals surface area contributed by atoms with Gasteiger partial charge in [-0.05, 0) is 40.3 Å². The minimum Gasteiger partial charge on any atom is -0.335 e. The van der Waals surface area contributed by atoms with Gasteiger partial charge >= 0.3 is 0 Å². The molecule has 18 heavy (non-hydrogen) atoms. The van der Waals surface area contributed by atoms with E-state index >= 15 is 0 Å². The Morgan fingerprint density at radius 1 is 1.22 bits per heavy atom. The van der Waals surface area contributed by atoms with E-state index in [9.17, 15) is 0 Å². The fourth-order valence-corrected chi connectivity index (χ4v) is 2.53. The van der Waals surface area contributed by atoms with Crippen molar-refractivity contribution in [1.82, 2.24) is 9.80 Å². The number of rotatable bonds is 0. The maximum Gasteiger partial charge on any atom is 0.221 e.